The second kappa shape index (κ2) is 25.2. The number of aromatic amines is 1. The molecule has 0 fully saturated rings. The smallest absolute Gasteiger partial charge is 0.213 e. The van der Waals surface area contributed by atoms with E-state index in [1.165, 1.54) is 18.1 Å². The molecule has 18 heteroatoms. The summed E-state index contributed by atoms with van der Waals surface area (Å²) in [5, 5.41) is 23.1. The molecule has 0 bridgehead atoms. The number of aliphatic hydroxyl groups is 1. The molecule has 0 aliphatic rings. The monoisotopic (exact) mass is 1220 g/mol. The number of benzene rings is 2. The van der Waals surface area contributed by atoms with Gasteiger partial charge in [0, 0.05) is 60.0 Å². The third-order valence-electron chi connectivity index (χ3n) is 6.70. The number of halogens is 6. The van der Waals surface area contributed by atoms with Crippen LogP contribution in [0.2, 0.25) is 0 Å². The quantitative estimate of drug-likeness (QED) is 0.0909. The zero-order valence-corrected chi connectivity index (χ0v) is 40.1. The summed E-state index contributed by atoms with van der Waals surface area (Å²) in [6.07, 6.45) is 8.82. The molecule has 0 saturated carbocycles. The molecule has 53 heavy (non-hydrogen) atoms. The number of alkyl halides is 1. The topological polar surface area (TPSA) is 133 Å². The van der Waals surface area contributed by atoms with Crippen LogP contribution in [0.4, 0.5) is 0 Å². The lowest BCUT2D eigenvalue weighted by atomic mass is 10.2. The van der Waals surface area contributed by atoms with Crippen LogP contribution in [0.3, 0.4) is 0 Å². The second-order valence-electron chi connectivity index (χ2n) is 10.2. The van der Waals surface area contributed by atoms with Crippen LogP contribution in [-0.4, -0.2) is 61.4 Å². The number of rotatable bonds is 7. The minimum absolute atomic E-state index is 0.0267. The van der Waals surface area contributed by atoms with Gasteiger partial charge in [-0.05, 0) is 163 Å². The average molecular weight is 1220 g/mol. The fourth-order valence-corrected chi connectivity index (χ4v) is 5.62. The van der Waals surface area contributed by atoms with Gasteiger partial charge >= 0.3 is 0 Å². The normalized spacial score (nSPS) is 10.1. The molecule has 0 atom stereocenters. The predicted molar refractivity (Wildman–Crippen MR) is 245 cm³/mol. The molecule has 2 aromatic carbocycles. The number of methoxy groups -OCH3 is 3. The summed E-state index contributed by atoms with van der Waals surface area (Å²) in [4.78, 5) is 11.9. The van der Waals surface area contributed by atoms with Crippen molar-refractivity contribution in [1.82, 2.24) is 34.9 Å². The molecule has 0 amide bonds. The SMILES string of the molecule is BrP(Br)Br.COc1cc(CBr)ccn1.COc1cc(CO)ccn1.COc1cc(Cn2ncc3cc(I)ccc32)ccn1.Ic1ccc2[nH]ncc2c1. The first-order chi connectivity index (χ1) is 25.6. The lowest BCUT2D eigenvalue weighted by Crippen LogP contribution is -2.02. The van der Waals surface area contributed by atoms with Crippen molar-refractivity contribution < 1.29 is 19.3 Å². The third-order valence-corrected chi connectivity index (χ3v) is 8.69. The Balaban J connectivity index is 0.000000192. The van der Waals surface area contributed by atoms with Crippen molar-refractivity contribution in [3.8, 4) is 17.6 Å². The highest BCUT2D eigenvalue weighted by molar-refractivity contribution is 14.1. The van der Waals surface area contributed by atoms with E-state index >= 15 is 0 Å². The van der Waals surface area contributed by atoms with Crippen molar-refractivity contribution in [1.29, 1.82) is 0 Å². The maximum absolute atomic E-state index is 8.67. The molecule has 2 N–H and O–H groups in total. The van der Waals surface area contributed by atoms with Gasteiger partial charge in [-0.3, -0.25) is 9.78 Å². The first kappa shape index (κ1) is 45.4. The Kier molecular flexibility index (Phi) is 21.6. The maximum Gasteiger partial charge on any atom is 0.213 e. The summed E-state index contributed by atoms with van der Waals surface area (Å²) in [7, 11) is 4.78. The molecule has 0 saturated heterocycles. The fourth-order valence-electron chi connectivity index (χ4n) is 4.24. The van der Waals surface area contributed by atoms with Gasteiger partial charge in [0.05, 0.1) is 57.9 Å². The largest absolute Gasteiger partial charge is 0.481 e. The summed E-state index contributed by atoms with van der Waals surface area (Å²) in [6, 6.07) is 23.7. The van der Waals surface area contributed by atoms with Crippen LogP contribution in [0.25, 0.3) is 21.8 Å². The van der Waals surface area contributed by atoms with E-state index in [2.05, 4.69) is 168 Å². The van der Waals surface area contributed by atoms with Gasteiger partial charge in [0.2, 0.25) is 17.6 Å². The van der Waals surface area contributed by atoms with E-state index in [4.69, 9.17) is 19.3 Å². The number of hydrogen-bond donors (Lipinski definition) is 2. The molecule has 0 unspecified atom stereocenters. The first-order valence-electron chi connectivity index (χ1n) is 15.2. The highest BCUT2D eigenvalue weighted by atomic mass is 127. The van der Waals surface area contributed by atoms with Crippen molar-refractivity contribution in [3.05, 3.63) is 128 Å². The van der Waals surface area contributed by atoms with Gasteiger partial charge in [0.25, 0.3) is 0 Å². The van der Waals surface area contributed by atoms with Crippen molar-refractivity contribution in [3.63, 3.8) is 0 Å². The Morgan fingerprint density at radius 1 is 0.698 bits per heavy atom. The Bertz CT molecular complexity index is 2040. The van der Waals surface area contributed by atoms with Crippen molar-refractivity contribution in [2.24, 2.45) is 0 Å². The highest BCUT2D eigenvalue weighted by Gasteiger charge is 2.05. The zero-order valence-electron chi connectivity index (χ0n) is 28.5. The van der Waals surface area contributed by atoms with Crippen LogP contribution in [0, 0.1) is 7.14 Å². The van der Waals surface area contributed by atoms with E-state index < -0.39 is 0 Å². The molecular weight excluding hydrogens is 1190 g/mol. The predicted octanol–water partition coefficient (Wildman–Crippen LogP) is 11.2. The molecule has 0 aliphatic carbocycles. The molecule has 5 aromatic heterocycles. The van der Waals surface area contributed by atoms with Crippen molar-refractivity contribution in [2.75, 3.05) is 21.3 Å². The summed E-state index contributed by atoms with van der Waals surface area (Å²) in [5.41, 5.74) is 5.34. The standard InChI is InChI=1S/C14H12IN3O.C7H8BrNO.C7H5IN2.C7H9NO2.Br3P/c1-19-14-6-10(4-5-16-14)9-18-13-3-2-12(15)7-11(13)8-17-18;1-10-7-4-6(5-8)2-3-9-7;8-6-1-2-7-5(3-6)4-9-10-7;1-10-7-4-6(5-9)2-3-8-7;1-4(2)3/h2-8H,9H2,1H3;2-4H,5H2,1H3;1-4H,(H,9,10);2-4,9H,5H2,1H3;. The molecule has 0 spiro atoms. The fraction of sp³-hybridized carbons (Fsp3) is 0.171. The Morgan fingerprint density at radius 2 is 1.21 bits per heavy atom. The van der Waals surface area contributed by atoms with Crippen LogP contribution < -0.4 is 14.2 Å². The lowest BCUT2D eigenvalue weighted by Gasteiger charge is -2.05. The minimum atomic E-state index is -0.183. The van der Waals surface area contributed by atoms with Gasteiger partial charge in [0.1, 0.15) is 4.03 Å². The van der Waals surface area contributed by atoms with Crippen LogP contribution in [0.5, 0.6) is 17.6 Å². The Hall–Kier alpha value is -2.00. The van der Waals surface area contributed by atoms with Crippen LogP contribution in [0.1, 0.15) is 16.7 Å². The Labute approximate surface area is 368 Å². The lowest BCUT2D eigenvalue weighted by molar-refractivity contribution is 0.280. The molecular formula is C35H34Br4I2N7O4P. The average Bonchev–Trinajstić information content (AvgIpc) is 3.81. The first-order valence-corrected chi connectivity index (χ1v) is 25.9. The van der Waals surface area contributed by atoms with Gasteiger partial charge in [0.15, 0.2) is 0 Å². The number of aliphatic hydroxyl groups excluding tert-OH is 1. The molecule has 11 nitrogen and oxygen atoms in total. The van der Waals surface area contributed by atoms with E-state index in [1.54, 1.807) is 52.1 Å². The highest BCUT2D eigenvalue weighted by Crippen LogP contribution is 2.59. The van der Waals surface area contributed by atoms with E-state index in [0.717, 1.165) is 32.9 Å². The number of fused-ring (bicyclic) bond motifs is 2. The second-order valence-corrected chi connectivity index (χ2v) is 28.6. The summed E-state index contributed by atoms with van der Waals surface area (Å²) >= 11 is 17.4. The van der Waals surface area contributed by atoms with Gasteiger partial charge in [-0.2, -0.15) is 10.2 Å². The van der Waals surface area contributed by atoms with Crippen LogP contribution in [0.15, 0.2) is 104 Å². The molecule has 7 aromatic rings. The van der Waals surface area contributed by atoms with Crippen molar-refractivity contribution in [2.45, 2.75) is 18.5 Å². The number of nitrogens with one attached hydrogen (secondary N) is 1. The third kappa shape index (κ3) is 16.7. The number of H-pyrrole nitrogens is 1. The molecule has 5 heterocycles. The zero-order chi connectivity index (χ0) is 38.6. The van der Waals surface area contributed by atoms with Gasteiger partial charge in [-0.15, -0.1) is 0 Å². The van der Waals surface area contributed by atoms with Gasteiger partial charge in [-0.25, -0.2) is 15.0 Å². The summed E-state index contributed by atoms with van der Waals surface area (Å²) in [5.74, 6) is 1.83. The summed E-state index contributed by atoms with van der Waals surface area (Å²) < 4.78 is 19.2. The molecule has 0 radical (unpaired) electrons. The van der Waals surface area contributed by atoms with E-state index in [-0.39, 0.29) is 10.6 Å². The van der Waals surface area contributed by atoms with Gasteiger partial charge < -0.3 is 19.3 Å². The van der Waals surface area contributed by atoms with E-state index in [0.29, 0.717) is 24.2 Å². The maximum atomic E-state index is 8.67. The molecule has 7 rings (SSSR count). The number of aromatic nitrogens is 7. The number of pyridine rings is 3. The summed E-state index contributed by atoms with van der Waals surface area (Å²) in [6.45, 7) is 0.738. The Morgan fingerprint density at radius 3 is 1.77 bits per heavy atom. The number of hydrogen-bond acceptors (Lipinski definition) is 9. The van der Waals surface area contributed by atoms with E-state index in [1.807, 2.05) is 47.4 Å². The van der Waals surface area contributed by atoms with Crippen LogP contribution >= 0.6 is 112 Å². The minimum Gasteiger partial charge on any atom is -0.481 e. The van der Waals surface area contributed by atoms with Gasteiger partial charge in [-0.1, -0.05) is 15.9 Å². The van der Waals surface area contributed by atoms with E-state index in [9.17, 15) is 0 Å². The van der Waals surface area contributed by atoms with Crippen molar-refractivity contribution >= 4 is 133 Å². The molecule has 280 valence electrons. The number of nitrogens with zero attached hydrogens (tertiary/aromatic N) is 6. The molecule has 0 aliphatic heterocycles. The van der Waals surface area contributed by atoms with Crippen LogP contribution in [-0.2, 0) is 18.5 Å². The number of ether oxygens (including phenoxy) is 3.